The number of fused-ring (bicyclic) bond motifs is 1. The van der Waals surface area contributed by atoms with Gasteiger partial charge in [0.05, 0.1) is 6.61 Å². The molecule has 0 saturated carbocycles. The van der Waals surface area contributed by atoms with Gasteiger partial charge in [0.2, 0.25) is 5.91 Å². The minimum atomic E-state index is -0.0962. The molecule has 3 nitrogen and oxygen atoms in total. The van der Waals surface area contributed by atoms with Gasteiger partial charge in [0.15, 0.2) is 0 Å². The first-order valence-corrected chi connectivity index (χ1v) is 4.71. The van der Waals surface area contributed by atoms with Gasteiger partial charge in [0.25, 0.3) is 0 Å². The third kappa shape index (κ3) is 1.89. The summed E-state index contributed by atoms with van der Waals surface area (Å²) in [5.74, 6) is -0.0962. The molecular weight excluding hydrogens is 234 g/mol. The third-order valence-corrected chi connectivity index (χ3v) is 2.33. The Hall–Kier alpha value is -0.870. The van der Waals surface area contributed by atoms with E-state index in [0.717, 1.165) is 15.7 Å². The maximum atomic E-state index is 11.1. The van der Waals surface area contributed by atoms with E-state index < -0.39 is 0 Å². The van der Waals surface area contributed by atoms with Crippen LogP contribution in [0.3, 0.4) is 0 Å². The van der Waals surface area contributed by atoms with Crippen LogP contribution in [0.4, 0.5) is 5.69 Å². The number of nitrogens with one attached hydrogen (secondary N) is 1. The molecule has 2 rings (SSSR count). The van der Waals surface area contributed by atoms with Gasteiger partial charge in [-0.1, -0.05) is 15.9 Å². The van der Waals surface area contributed by atoms with Gasteiger partial charge in [-0.05, 0) is 18.2 Å². The molecule has 68 valence electrons. The molecule has 0 radical (unpaired) electrons. The highest BCUT2D eigenvalue weighted by Gasteiger charge is 2.12. The van der Waals surface area contributed by atoms with Crippen LogP contribution in [0.5, 0.6) is 0 Å². The van der Waals surface area contributed by atoms with Crippen LogP contribution in [0.15, 0.2) is 22.7 Å². The van der Waals surface area contributed by atoms with E-state index in [1.54, 1.807) is 0 Å². The number of hydrogen-bond donors (Lipinski definition) is 1. The van der Waals surface area contributed by atoms with Crippen LogP contribution in [0.25, 0.3) is 0 Å². The lowest BCUT2D eigenvalue weighted by Crippen LogP contribution is -2.14. The van der Waals surface area contributed by atoms with Crippen molar-refractivity contribution < 1.29 is 9.53 Å². The summed E-state index contributed by atoms with van der Waals surface area (Å²) in [5, 5.41) is 2.76. The average Bonchev–Trinajstić information content (AvgIpc) is 2.25. The zero-order valence-electron chi connectivity index (χ0n) is 6.84. The lowest BCUT2D eigenvalue weighted by atomic mass is 10.2. The van der Waals surface area contributed by atoms with E-state index in [0.29, 0.717) is 6.61 Å². The van der Waals surface area contributed by atoms with E-state index >= 15 is 0 Å². The summed E-state index contributed by atoms with van der Waals surface area (Å²) in [7, 11) is 0. The number of benzene rings is 1. The summed E-state index contributed by atoms with van der Waals surface area (Å²) < 4.78 is 6.15. The van der Waals surface area contributed by atoms with E-state index in [2.05, 4.69) is 21.2 Å². The summed E-state index contributed by atoms with van der Waals surface area (Å²) in [4.78, 5) is 11.1. The fraction of sp³-hybridized carbons (Fsp3) is 0.222. The van der Waals surface area contributed by atoms with Crippen LogP contribution in [0.2, 0.25) is 0 Å². The smallest absolute Gasteiger partial charge is 0.250 e. The molecule has 1 heterocycles. The topological polar surface area (TPSA) is 38.3 Å². The van der Waals surface area contributed by atoms with Crippen molar-refractivity contribution in [1.82, 2.24) is 0 Å². The standard InChI is InChI=1S/C9H8BrNO2/c10-7-1-2-8-6(3-7)4-13-5-9(12)11-8/h1-3H,4-5H2,(H,11,12). The quantitative estimate of drug-likeness (QED) is 0.754. The van der Waals surface area contributed by atoms with E-state index in [4.69, 9.17) is 4.74 Å². The number of carbonyl (C=O) groups is 1. The summed E-state index contributed by atoms with van der Waals surface area (Å²) >= 11 is 3.36. The molecule has 0 unspecified atom stereocenters. The molecule has 1 N–H and O–H groups in total. The van der Waals surface area contributed by atoms with Crippen molar-refractivity contribution in [1.29, 1.82) is 0 Å². The van der Waals surface area contributed by atoms with Gasteiger partial charge in [-0.15, -0.1) is 0 Å². The predicted molar refractivity (Wildman–Crippen MR) is 52.4 cm³/mol. The third-order valence-electron chi connectivity index (χ3n) is 1.83. The summed E-state index contributed by atoms with van der Waals surface area (Å²) in [5.41, 5.74) is 1.84. The molecule has 0 aliphatic carbocycles. The van der Waals surface area contributed by atoms with Crippen molar-refractivity contribution in [3.63, 3.8) is 0 Å². The van der Waals surface area contributed by atoms with Gasteiger partial charge in [0.1, 0.15) is 6.61 Å². The Morgan fingerprint density at radius 1 is 1.38 bits per heavy atom. The SMILES string of the molecule is O=C1COCc2cc(Br)ccc2N1. The first-order chi connectivity index (χ1) is 6.25. The average molecular weight is 242 g/mol. The predicted octanol–water partition coefficient (Wildman–Crippen LogP) is 1.92. The van der Waals surface area contributed by atoms with E-state index in [1.165, 1.54) is 0 Å². The lowest BCUT2D eigenvalue weighted by Gasteiger charge is -2.04. The summed E-state index contributed by atoms with van der Waals surface area (Å²) in [6.07, 6.45) is 0. The molecule has 0 bridgehead atoms. The Morgan fingerprint density at radius 3 is 3.08 bits per heavy atom. The minimum absolute atomic E-state index is 0.0962. The van der Waals surface area contributed by atoms with Crippen molar-refractivity contribution in [3.8, 4) is 0 Å². The minimum Gasteiger partial charge on any atom is -0.367 e. The van der Waals surface area contributed by atoms with Gasteiger partial charge < -0.3 is 10.1 Å². The van der Waals surface area contributed by atoms with Crippen LogP contribution >= 0.6 is 15.9 Å². The number of ether oxygens (including phenoxy) is 1. The first-order valence-electron chi connectivity index (χ1n) is 3.92. The molecule has 1 aromatic rings. The second-order valence-corrected chi connectivity index (χ2v) is 3.76. The van der Waals surface area contributed by atoms with Crippen molar-refractivity contribution in [2.45, 2.75) is 6.61 Å². The largest absolute Gasteiger partial charge is 0.367 e. The molecule has 1 aliphatic heterocycles. The van der Waals surface area contributed by atoms with Crippen molar-refractivity contribution in [2.24, 2.45) is 0 Å². The molecular formula is C9H8BrNO2. The van der Waals surface area contributed by atoms with Crippen LogP contribution in [0.1, 0.15) is 5.56 Å². The fourth-order valence-corrected chi connectivity index (χ4v) is 1.65. The number of amides is 1. The zero-order valence-corrected chi connectivity index (χ0v) is 8.43. The Kier molecular flexibility index (Phi) is 2.33. The molecule has 0 atom stereocenters. The van der Waals surface area contributed by atoms with Crippen molar-refractivity contribution >= 4 is 27.5 Å². The fourth-order valence-electron chi connectivity index (χ4n) is 1.24. The van der Waals surface area contributed by atoms with Gasteiger partial charge in [-0.2, -0.15) is 0 Å². The molecule has 1 amide bonds. The van der Waals surface area contributed by atoms with Gasteiger partial charge in [-0.3, -0.25) is 4.79 Å². The monoisotopic (exact) mass is 241 g/mol. The second kappa shape index (κ2) is 3.47. The Bertz CT molecular complexity index is 351. The van der Waals surface area contributed by atoms with Crippen molar-refractivity contribution in [3.05, 3.63) is 28.2 Å². The van der Waals surface area contributed by atoms with Crippen LogP contribution in [-0.4, -0.2) is 12.5 Å². The number of rotatable bonds is 0. The summed E-state index contributed by atoms with van der Waals surface area (Å²) in [6, 6.07) is 5.71. The number of hydrogen-bond acceptors (Lipinski definition) is 2. The Morgan fingerprint density at radius 2 is 2.23 bits per heavy atom. The first kappa shape index (κ1) is 8.72. The van der Waals surface area contributed by atoms with Crippen molar-refractivity contribution in [2.75, 3.05) is 11.9 Å². The molecule has 0 spiro atoms. The van der Waals surface area contributed by atoms with E-state index in [-0.39, 0.29) is 12.5 Å². The maximum absolute atomic E-state index is 11.1. The van der Waals surface area contributed by atoms with Crippen LogP contribution < -0.4 is 5.32 Å². The Labute approximate surface area is 84.2 Å². The number of anilines is 1. The molecule has 1 aliphatic rings. The van der Waals surface area contributed by atoms with E-state index in [1.807, 2.05) is 18.2 Å². The highest BCUT2D eigenvalue weighted by Crippen LogP contribution is 2.23. The van der Waals surface area contributed by atoms with Gasteiger partial charge in [-0.25, -0.2) is 0 Å². The molecule has 0 saturated heterocycles. The normalized spacial score (nSPS) is 15.9. The molecule has 13 heavy (non-hydrogen) atoms. The highest BCUT2D eigenvalue weighted by molar-refractivity contribution is 9.10. The van der Waals surface area contributed by atoms with Crippen LogP contribution in [0, 0.1) is 0 Å². The highest BCUT2D eigenvalue weighted by atomic mass is 79.9. The van der Waals surface area contributed by atoms with Gasteiger partial charge >= 0.3 is 0 Å². The van der Waals surface area contributed by atoms with Gasteiger partial charge in [0, 0.05) is 15.7 Å². The van der Waals surface area contributed by atoms with E-state index in [9.17, 15) is 4.79 Å². The Balaban J connectivity index is 2.40. The summed E-state index contributed by atoms with van der Waals surface area (Å²) in [6.45, 7) is 0.611. The number of carbonyl (C=O) groups excluding carboxylic acids is 1. The second-order valence-electron chi connectivity index (χ2n) is 2.84. The maximum Gasteiger partial charge on any atom is 0.250 e. The molecule has 0 aromatic heterocycles. The zero-order chi connectivity index (χ0) is 9.26. The molecule has 1 aromatic carbocycles. The van der Waals surface area contributed by atoms with Crippen LogP contribution in [-0.2, 0) is 16.1 Å². The molecule has 4 heteroatoms. The molecule has 0 fully saturated rings. The number of halogens is 1. The lowest BCUT2D eigenvalue weighted by molar-refractivity contribution is -0.120.